The van der Waals surface area contributed by atoms with Crippen LogP contribution >= 0.6 is 0 Å². The molecule has 0 aromatic carbocycles. The molecule has 0 amide bonds. The summed E-state index contributed by atoms with van der Waals surface area (Å²) in [7, 11) is 1.42. The Morgan fingerprint density at radius 1 is 1.50 bits per heavy atom. The van der Waals surface area contributed by atoms with Crippen LogP contribution < -0.4 is 5.32 Å². The molecule has 4 unspecified atom stereocenters. The number of aliphatic hydroxyl groups excluding tert-OH is 1. The number of nitrogens with one attached hydrogen (secondary N) is 1. The molecule has 94 valence electrons. The van der Waals surface area contributed by atoms with E-state index in [1.54, 1.807) is 0 Å². The second-order valence-corrected chi connectivity index (χ2v) is 4.84. The Morgan fingerprint density at radius 2 is 2.19 bits per heavy atom. The minimum absolute atomic E-state index is 0.116. The zero-order valence-corrected chi connectivity index (χ0v) is 10.4. The van der Waals surface area contributed by atoms with Crippen molar-refractivity contribution in [1.29, 1.82) is 0 Å². The highest BCUT2D eigenvalue weighted by atomic mass is 16.5. The first kappa shape index (κ1) is 13.5. The van der Waals surface area contributed by atoms with E-state index in [4.69, 9.17) is 4.74 Å². The molecule has 1 aliphatic rings. The number of aliphatic hydroxyl groups is 1. The van der Waals surface area contributed by atoms with Crippen molar-refractivity contribution in [2.45, 2.75) is 45.3 Å². The van der Waals surface area contributed by atoms with Gasteiger partial charge in [0.2, 0.25) is 0 Å². The van der Waals surface area contributed by atoms with Crippen LogP contribution in [0.4, 0.5) is 0 Å². The van der Waals surface area contributed by atoms with Crippen LogP contribution in [0.25, 0.3) is 0 Å². The van der Waals surface area contributed by atoms with Crippen molar-refractivity contribution in [3.8, 4) is 0 Å². The Labute approximate surface area is 97.4 Å². The fourth-order valence-corrected chi connectivity index (χ4v) is 2.15. The third-order valence-corrected chi connectivity index (χ3v) is 3.57. The zero-order chi connectivity index (χ0) is 12.1. The van der Waals surface area contributed by atoms with E-state index in [0.717, 1.165) is 25.8 Å². The number of carbonyl (C=O) groups is 1. The largest absolute Gasteiger partial charge is 0.469 e. The van der Waals surface area contributed by atoms with E-state index in [9.17, 15) is 9.90 Å². The molecular formula is C12H23NO3. The molecule has 4 nitrogen and oxygen atoms in total. The predicted molar refractivity (Wildman–Crippen MR) is 62.0 cm³/mol. The summed E-state index contributed by atoms with van der Waals surface area (Å²) in [5.74, 6) is 0.241. The van der Waals surface area contributed by atoms with Gasteiger partial charge >= 0.3 is 5.97 Å². The van der Waals surface area contributed by atoms with Crippen molar-refractivity contribution in [2.24, 2.45) is 11.8 Å². The lowest BCUT2D eigenvalue weighted by Gasteiger charge is -2.21. The molecule has 0 saturated heterocycles. The number of ether oxygens (including phenoxy) is 1. The third-order valence-electron chi connectivity index (χ3n) is 3.57. The van der Waals surface area contributed by atoms with Crippen LogP contribution in [0, 0.1) is 11.8 Å². The molecule has 0 aliphatic heterocycles. The Balaban J connectivity index is 2.24. The maximum Gasteiger partial charge on any atom is 0.309 e. The third kappa shape index (κ3) is 3.76. The first-order valence-corrected chi connectivity index (χ1v) is 6.03. The first-order valence-electron chi connectivity index (χ1n) is 6.03. The van der Waals surface area contributed by atoms with Crippen LogP contribution in [-0.4, -0.2) is 36.9 Å². The van der Waals surface area contributed by atoms with Crippen molar-refractivity contribution < 1.29 is 14.6 Å². The molecule has 16 heavy (non-hydrogen) atoms. The van der Waals surface area contributed by atoms with Crippen molar-refractivity contribution in [3.63, 3.8) is 0 Å². The summed E-state index contributed by atoms with van der Waals surface area (Å²) in [5.41, 5.74) is 0. The summed E-state index contributed by atoms with van der Waals surface area (Å²) < 4.78 is 4.70. The lowest BCUT2D eigenvalue weighted by atomic mass is 10.0. The van der Waals surface area contributed by atoms with Gasteiger partial charge in [-0.15, -0.1) is 0 Å². The minimum atomic E-state index is -0.175. The highest BCUT2D eigenvalue weighted by Gasteiger charge is 2.25. The van der Waals surface area contributed by atoms with Gasteiger partial charge in [0.15, 0.2) is 0 Å². The molecule has 2 N–H and O–H groups in total. The molecule has 1 saturated carbocycles. The molecule has 4 atom stereocenters. The van der Waals surface area contributed by atoms with Crippen molar-refractivity contribution in [2.75, 3.05) is 13.7 Å². The van der Waals surface area contributed by atoms with Gasteiger partial charge in [0, 0.05) is 6.04 Å². The molecule has 0 heterocycles. The van der Waals surface area contributed by atoms with Crippen LogP contribution in [-0.2, 0) is 9.53 Å². The van der Waals surface area contributed by atoms with Crippen molar-refractivity contribution in [3.05, 3.63) is 0 Å². The van der Waals surface area contributed by atoms with Crippen LogP contribution in [0.1, 0.15) is 33.1 Å². The Morgan fingerprint density at radius 3 is 2.69 bits per heavy atom. The molecule has 0 aromatic heterocycles. The fourth-order valence-electron chi connectivity index (χ4n) is 2.15. The molecule has 0 radical (unpaired) electrons. The number of rotatable bonds is 5. The van der Waals surface area contributed by atoms with Gasteiger partial charge in [-0.3, -0.25) is 4.79 Å². The molecule has 4 heteroatoms. The van der Waals surface area contributed by atoms with E-state index in [-0.39, 0.29) is 24.0 Å². The maximum atomic E-state index is 11.3. The Bertz CT molecular complexity index is 232. The number of methoxy groups -OCH3 is 1. The average molecular weight is 229 g/mol. The molecule has 0 bridgehead atoms. The van der Waals surface area contributed by atoms with Crippen LogP contribution in [0.15, 0.2) is 0 Å². The molecule has 0 aromatic rings. The van der Waals surface area contributed by atoms with Gasteiger partial charge in [-0.05, 0) is 38.6 Å². The summed E-state index contributed by atoms with van der Waals surface area (Å²) in [6, 6.07) is 0.116. The van der Waals surface area contributed by atoms with Gasteiger partial charge in [-0.2, -0.15) is 0 Å². The topological polar surface area (TPSA) is 58.6 Å². The Hall–Kier alpha value is -0.610. The number of esters is 1. The molecule has 1 fully saturated rings. The maximum absolute atomic E-state index is 11.3. The predicted octanol–water partition coefficient (Wildman–Crippen LogP) is 0.935. The van der Waals surface area contributed by atoms with Gasteiger partial charge < -0.3 is 15.2 Å². The Kier molecular flexibility index (Phi) is 5.22. The molecule has 0 spiro atoms. The second-order valence-electron chi connectivity index (χ2n) is 4.84. The summed E-state index contributed by atoms with van der Waals surface area (Å²) in [6.45, 7) is 4.74. The molecule has 1 aliphatic carbocycles. The van der Waals surface area contributed by atoms with Gasteiger partial charge in [0.05, 0.1) is 19.1 Å². The highest BCUT2D eigenvalue weighted by molar-refractivity contribution is 5.72. The summed E-state index contributed by atoms with van der Waals surface area (Å²) in [4.78, 5) is 11.3. The molecule has 1 rings (SSSR count). The zero-order valence-electron chi connectivity index (χ0n) is 10.4. The lowest BCUT2D eigenvalue weighted by molar-refractivity contribution is -0.145. The minimum Gasteiger partial charge on any atom is -0.469 e. The number of hydrogen-bond acceptors (Lipinski definition) is 4. The van der Waals surface area contributed by atoms with E-state index in [1.165, 1.54) is 7.11 Å². The molecular weight excluding hydrogens is 206 g/mol. The monoisotopic (exact) mass is 229 g/mol. The second kappa shape index (κ2) is 6.21. The fraction of sp³-hybridized carbons (Fsp3) is 0.917. The quantitative estimate of drug-likeness (QED) is 0.689. The summed E-state index contributed by atoms with van der Waals surface area (Å²) in [6.07, 6.45) is 2.74. The number of hydrogen-bond donors (Lipinski definition) is 2. The van der Waals surface area contributed by atoms with Gasteiger partial charge in [-0.25, -0.2) is 0 Å². The van der Waals surface area contributed by atoms with Gasteiger partial charge in [-0.1, -0.05) is 6.92 Å². The smallest absolute Gasteiger partial charge is 0.309 e. The van der Waals surface area contributed by atoms with Gasteiger partial charge in [0.25, 0.3) is 0 Å². The van der Waals surface area contributed by atoms with Crippen LogP contribution in [0.5, 0.6) is 0 Å². The van der Waals surface area contributed by atoms with E-state index in [1.807, 2.05) is 13.8 Å². The average Bonchev–Trinajstić information content (AvgIpc) is 2.69. The van der Waals surface area contributed by atoms with Gasteiger partial charge in [0.1, 0.15) is 0 Å². The standard InChI is InChI=1S/C12H23NO3/c1-8(12(15)16-3)9(2)13-7-10-4-5-11(14)6-10/h8-11,13-14H,4-7H2,1-3H3. The lowest BCUT2D eigenvalue weighted by Crippen LogP contribution is -2.39. The van der Waals surface area contributed by atoms with E-state index in [2.05, 4.69) is 5.32 Å². The number of carbonyl (C=O) groups excluding carboxylic acids is 1. The van der Waals surface area contributed by atoms with Crippen molar-refractivity contribution in [1.82, 2.24) is 5.32 Å². The van der Waals surface area contributed by atoms with Crippen molar-refractivity contribution >= 4 is 5.97 Å². The highest BCUT2D eigenvalue weighted by Crippen LogP contribution is 2.24. The normalized spacial score (nSPS) is 28.8. The van der Waals surface area contributed by atoms with E-state index in [0.29, 0.717) is 5.92 Å². The SMILES string of the molecule is COC(=O)C(C)C(C)NCC1CCC(O)C1. The van der Waals surface area contributed by atoms with E-state index >= 15 is 0 Å². The van der Waals surface area contributed by atoms with Crippen LogP contribution in [0.2, 0.25) is 0 Å². The first-order chi connectivity index (χ1) is 7.54. The van der Waals surface area contributed by atoms with E-state index < -0.39 is 0 Å². The summed E-state index contributed by atoms with van der Waals surface area (Å²) >= 11 is 0. The van der Waals surface area contributed by atoms with Crippen LogP contribution in [0.3, 0.4) is 0 Å². The summed E-state index contributed by atoms with van der Waals surface area (Å²) in [5, 5.41) is 12.7.